The Hall–Kier alpha value is -2.51. The molecular weight excluding hydrogens is 406 g/mol. The SMILES string of the molecule is CCCc1ccc(-c2nc(NC(=O)C3CCN(Cc4nccn4C)CC3)sc2C)cc1. The number of rotatable bonds is 7. The summed E-state index contributed by atoms with van der Waals surface area (Å²) >= 11 is 1.56. The van der Waals surface area contributed by atoms with E-state index in [1.807, 2.05) is 19.4 Å². The third kappa shape index (κ3) is 5.22. The van der Waals surface area contributed by atoms with Gasteiger partial charge in [0.25, 0.3) is 0 Å². The van der Waals surface area contributed by atoms with Gasteiger partial charge in [-0.2, -0.15) is 0 Å². The van der Waals surface area contributed by atoms with Gasteiger partial charge in [0.15, 0.2) is 5.13 Å². The van der Waals surface area contributed by atoms with Crippen LogP contribution in [0.15, 0.2) is 36.7 Å². The molecule has 4 rings (SSSR count). The minimum atomic E-state index is 0.0404. The van der Waals surface area contributed by atoms with Gasteiger partial charge in [-0.15, -0.1) is 11.3 Å². The lowest BCUT2D eigenvalue weighted by atomic mass is 9.96. The number of imidazole rings is 1. The van der Waals surface area contributed by atoms with Crippen LogP contribution in [-0.2, 0) is 24.8 Å². The maximum Gasteiger partial charge on any atom is 0.229 e. The Morgan fingerprint density at radius 3 is 2.61 bits per heavy atom. The van der Waals surface area contributed by atoms with Crippen LogP contribution in [-0.4, -0.2) is 38.4 Å². The molecule has 0 aliphatic carbocycles. The van der Waals surface area contributed by atoms with Gasteiger partial charge in [-0.25, -0.2) is 9.97 Å². The summed E-state index contributed by atoms with van der Waals surface area (Å²) in [7, 11) is 2.02. The molecule has 0 unspecified atom stereocenters. The van der Waals surface area contributed by atoms with E-state index >= 15 is 0 Å². The summed E-state index contributed by atoms with van der Waals surface area (Å²) in [4.78, 5) is 25.5. The average Bonchev–Trinajstić information content (AvgIpc) is 3.34. The summed E-state index contributed by atoms with van der Waals surface area (Å²) in [5.41, 5.74) is 3.42. The molecule has 0 radical (unpaired) electrons. The van der Waals surface area contributed by atoms with Crippen molar-refractivity contribution in [2.24, 2.45) is 13.0 Å². The molecular formula is C24H31N5OS. The first-order valence-electron chi connectivity index (χ1n) is 11.1. The lowest BCUT2D eigenvalue weighted by molar-refractivity contribution is -0.121. The highest BCUT2D eigenvalue weighted by Crippen LogP contribution is 2.31. The summed E-state index contributed by atoms with van der Waals surface area (Å²) in [6.45, 7) is 6.93. The highest BCUT2D eigenvalue weighted by Gasteiger charge is 2.26. The number of carbonyl (C=O) groups excluding carboxylic acids is 1. The van der Waals surface area contributed by atoms with Crippen molar-refractivity contribution in [2.45, 2.75) is 46.1 Å². The van der Waals surface area contributed by atoms with Crippen LogP contribution in [0, 0.1) is 12.8 Å². The van der Waals surface area contributed by atoms with E-state index in [0.29, 0.717) is 5.13 Å². The van der Waals surface area contributed by atoms with Gasteiger partial charge in [0, 0.05) is 35.8 Å². The van der Waals surface area contributed by atoms with E-state index in [-0.39, 0.29) is 11.8 Å². The fraction of sp³-hybridized carbons (Fsp3) is 0.458. The topological polar surface area (TPSA) is 63.1 Å². The number of nitrogens with zero attached hydrogens (tertiary/aromatic N) is 4. The number of piperidine rings is 1. The molecule has 1 saturated heterocycles. The largest absolute Gasteiger partial charge is 0.337 e. The van der Waals surface area contributed by atoms with Gasteiger partial charge in [0.2, 0.25) is 5.91 Å². The minimum Gasteiger partial charge on any atom is -0.337 e. The van der Waals surface area contributed by atoms with Crippen molar-refractivity contribution in [1.82, 2.24) is 19.4 Å². The Labute approximate surface area is 188 Å². The molecule has 7 heteroatoms. The number of anilines is 1. The molecule has 0 bridgehead atoms. The lowest BCUT2D eigenvalue weighted by Gasteiger charge is -2.30. The minimum absolute atomic E-state index is 0.0404. The molecule has 1 aliphatic rings. The number of aryl methyl sites for hydroxylation is 3. The van der Waals surface area contributed by atoms with Crippen LogP contribution >= 0.6 is 11.3 Å². The molecule has 1 N–H and O–H groups in total. The lowest BCUT2D eigenvalue weighted by Crippen LogP contribution is -2.38. The second kappa shape index (κ2) is 9.75. The molecule has 1 aromatic carbocycles. The van der Waals surface area contributed by atoms with Crippen molar-refractivity contribution in [2.75, 3.05) is 18.4 Å². The smallest absolute Gasteiger partial charge is 0.229 e. The van der Waals surface area contributed by atoms with E-state index in [4.69, 9.17) is 4.98 Å². The Morgan fingerprint density at radius 2 is 1.97 bits per heavy atom. The Bertz CT molecular complexity index is 1020. The van der Waals surface area contributed by atoms with Gasteiger partial charge >= 0.3 is 0 Å². The van der Waals surface area contributed by atoms with Gasteiger partial charge in [0.05, 0.1) is 12.2 Å². The highest BCUT2D eigenvalue weighted by atomic mass is 32.1. The standard InChI is InChI=1S/C24H31N5OS/c1-4-5-18-6-8-19(9-7-18)22-17(2)31-24(26-22)27-23(30)20-10-13-29(14-11-20)16-21-25-12-15-28(21)3/h6-9,12,15,20H,4-5,10-11,13-14,16H2,1-3H3,(H,26,27,30). The predicted octanol–water partition coefficient (Wildman–Crippen LogP) is 4.66. The third-order valence-electron chi connectivity index (χ3n) is 6.04. The molecule has 2 aromatic heterocycles. The van der Waals surface area contributed by atoms with Crippen LogP contribution in [0.3, 0.4) is 0 Å². The summed E-state index contributed by atoms with van der Waals surface area (Å²) in [6.07, 6.45) is 7.78. The second-order valence-electron chi connectivity index (χ2n) is 8.36. The maximum atomic E-state index is 12.8. The number of hydrogen-bond donors (Lipinski definition) is 1. The van der Waals surface area contributed by atoms with Gasteiger partial charge < -0.3 is 9.88 Å². The highest BCUT2D eigenvalue weighted by molar-refractivity contribution is 7.16. The predicted molar refractivity (Wildman–Crippen MR) is 126 cm³/mol. The Kier molecular flexibility index (Phi) is 6.83. The molecule has 0 spiro atoms. The van der Waals surface area contributed by atoms with Crippen LogP contribution in [0.25, 0.3) is 11.3 Å². The molecule has 1 amide bonds. The number of nitrogens with one attached hydrogen (secondary N) is 1. The van der Waals surface area contributed by atoms with E-state index < -0.39 is 0 Å². The molecule has 1 fully saturated rings. The molecule has 1 aliphatic heterocycles. The number of likely N-dealkylation sites (tertiary alicyclic amines) is 1. The van der Waals surface area contributed by atoms with Gasteiger partial charge in [-0.1, -0.05) is 37.6 Å². The van der Waals surface area contributed by atoms with Crippen molar-refractivity contribution in [3.63, 3.8) is 0 Å². The molecule has 3 aromatic rings. The molecule has 6 nitrogen and oxygen atoms in total. The first-order chi connectivity index (χ1) is 15.0. The molecule has 164 valence electrons. The Balaban J connectivity index is 1.33. The van der Waals surface area contributed by atoms with E-state index in [0.717, 1.165) is 67.3 Å². The average molecular weight is 438 g/mol. The monoisotopic (exact) mass is 437 g/mol. The summed E-state index contributed by atoms with van der Waals surface area (Å²) < 4.78 is 2.05. The molecule has 0 saturated carbocycles. The number of aromatic nitrogens is 3. The zero-order valence-corrected chi connectivity index (χ0v) is 19.4. The van der Waals surface area contributed by atoms with Crippen molar-refractivity contribution < 1.29 is 4.79 Å². The summed E-state index contributed by atoms with van der Waals surface area (Å²) in [5.74, 6) is 1.20. The van der Waals surface area contributed by atoms with Crippen LogP contribution in [0.1, 0.15) is 42.5 Å². The van der Waals surface area contributed by atoms with Gasteiger partial charge in [0.1, 0.15) is 5.82 Å². The second-order valence-corrected chi connectivity index (χ2v) is 9.57. The first-order valence-corrected chi connectivity index (χ1v) is 11.9. The van der Waals surface area contributed by atoms with E-state index in [1.54, 1.807) is 11.3 Å². The zero-order valence-electron chi connectivity index (χ0n) is 18.6. The quantitative estimate of drug-likeness (QED) is 0.584. The van der Waals surface area contributed by atoms with Gasteiger partial charge in [-0.05, 0) is 44.8 Å². The molecule has 31 heavy (non-hydrogen) atoms. The van der Waals surface area contributed by atoms with E-state index in [1.165, 1.54) is 5.56 Å². The zero-order chi connectivity index (χ0) is 21.8. The van der Waals surface area contributed by atoms with Crippen LogP contribution in [0.2, 0.25) is 0 Å². The summed E-state index contributed by atoms with van der Waals surface area (Å²) in [5, 5.41) is 3.78. The van der Waals surface area contributed by atoms with Crippen LogP contribution < -0.4 is 5.32 Å². The fourth-order valence-electron chi connectivity index (χ4n) is 4.15. The molecule has 0 atom stereocenters. The number of carbonyl (C=O) groups is 1. The number of benzene rings is 1. The normalized spacial score (nSPS) is 15.3. The van der Waals surface area contributed by atoms with E-state index in [2.05, 4.69) is 57.9 Å². The van der Waals surface area contributed by atoms with E-state index in [9.17, 15) is 4.79 Å². The Morgan fingerprint density at radius 1 is 1.23 bits per heavy atom. The number of thiazole rings is 1. The van der Waals surface area contributed by atoms with Crippen LogP contribution in [0.5, 0.6) is 0 Å². The fourth-order valence-corrected chi connectivity index (χ4v) is 4.98. The van der Waals surface area contributed by atoms with Crippen LogP contribution in [0.4, 0.5) is 5.13 Å². The van der Waals surface area contributed by atoms with Crippen molar-refractivity contribution in [3.05, 3.63) is 52.9 Å². The number of hydrogen-bond acceptors (Lipinski definition) is 5. The van der Waals surface area contributed by atoms with Crippen molar-refractivity contribution in [3.8, 4) is 11.3 Å². The molecule has 3 heterocycles. The first kappa shape index (κ1) is 21.7. The van der Waals surface area contributed by atoms with Crippen molar-refractivity contribution in [1.29, 1.82) is 0 Å². The maximum absolute atomic E-state index is 12.8. The van der Waals surface area contributed by atoms with Gasteiger partial charge in [-0.3, -0.25) is 9.69 Å². The third-order valence-corrected chi connectivity index (χ3v) is 6.92. The number of amides is 1. The van der Waals surface area contributed by atoms with Crippen molar-refractivity contribution >= 4 is 22.4 Å². The summed E-state index contributed by atoms with van der Waals surface area (Å²) in [6, 6.07) is 8.62.